The number of pyridine rings is 1. The van der Waals surface area contributed by atoms with Gasteiger partial charge in [-0.2, -0.15) is 0 Å². The Kier molecular flexibility index (Phi) is 5.29. The molecule has 148 valence electrons. The lowest BCUT2D eigenvalue weighted by molar-refractivity contribution is 0.0600. The summed E-state index contributed by atoms with van der Waals surface area (Å²) < 4.78 is 4.68. The van der Waals surface area contributed by atoms with E-state index in [-0.39, 0.29) is 6.03 Å². The van der Waals surface area contributed by atoms with Crippen LogP contribution in [0.1, 0.15) is 10.4 Å². The number of piperazine rings is 1. The van der Waals surface area contributed by atoms with E-state index in [1.807, 2.05) is 12.1 Å². The Labute approximate surface area is 168 Å². The first kappa shape index (κ1) is 18.7. The van der Waals surface area contributed by atoms with Crippen LogP contribution >= 0.6 is 0 Å². The van der Waals surface area contributed by atoms with Crippen molar-refractivity contribution < 1.29 is 14.3 Å². The van der Waals surface area contributed by atoms with Crippen molar-refractivity contribution in [3.8, 4) is 0 Å². The molecule has 1 aromatic heterocycles. The first-order chi connectivity index (χ1) is 14.2. The largest absolute Gasteiger partial charge is 0.465 e. The summed E-state index contributed by atoms with van der Waals surface area (Å²) in [6.45, 7) is 2.72. The van der Waals surface area contributed by atoms with E-state index in [0.29, 0.717) is 24.3 Å². The Morgan fingerprint density at radius 3 is 2.41 bits per heavy atom. The summed E-state index contributed by atoms with van der Waals surface area (Å²) in [5, 5.41) is 4.00. The van der Waals surface area contributed by atoms with Crippen LogP contribution in [0.3, 0.4) is 0 Å². The number of carbonyl (C=O) groups excluding carboxylic acids is 2. The normalized spacial score (nSPS) is 14.0. The van der Waals surface area contributed by atoms with Crippen molar-refractivity contribution in [1.29, 1.82) is 0 Å². The van der Waals surface area contributed by atoms with Crippen LogP contribution in [0.15, 0.2) is 60.8 Å². The van der Waals surface area contributed by atoms with Crippen molar-refractivity contribution in [2.24, 2.45) is 0 Å². The molecule has 4 rings (SSSR count). The highest BCUT2D eigenvalue weighted by Crippen LogP contribution is 2.25. The maximum atomic E-state index is 12.6. The molecule has 2 heterocycles. The van der Waals surface area contributed by atoms with Crippen molar-refractivity contribution in [3.63, 3.8) is 0 Å². The molecule has 1 fully saturated rings. The molecule has 2 amide bonds. The predicted octanol–water partition coefficient (Wildman–Crippen LogP) is 3.38. The molecule has 0 bridgehead atoms. The van der Waals surface area contributed by atoms with Crippen LogP contribution in [-0.4, -0.2) is 55.2 Å². The van der Waals surface area contributed by atoms with Gasteiger partial charge in [-0.25, -0.2) is 9.59 Å². The highest BCUT2D eigenvalue weighted by Gasteiger charge is 2.22. The molecule has 1 aliphatic rings. The monoisotopic (exact) mass is 390 g/mol. The summed E-state index contributed by atoms with van der Waals surface area (Å²) in [6.07, 6.45) is 1.81. The number of nitrogens with zero attached hydrogens (tertiary/aromatic N) is 3. The molecule has 1 saturated heterocycles. The number of esters is 1. The Morgan fingerprint density at radius 1 is 0.966 bits per heavy atom. The van der Waals surface area contributed by atoms with Crippen molar-refractivity contribution in [2.45, 2.75) is 0 Å². The van der Waals surface area contributed by atoms with E-state index in [4.69, 9.17) is 0 Å². The fourth-order valence-electron chi connectivity index (χ4n) is 3.50. The fourth-order valence-corrected chi connectivity index (χ4v) is 3.50. The lowest BCUT2D eigenvalue weighted by Gasteiger charge is -2.36. The third-order valence-corrected chi connectivity index (χ3v) is 5.08. The van der Waals surface area contributed by atoms with Gasteiger partial charge in [0.2, 0.25) is 0 Å². The summed E-state index contributed by atoms with van der Waals surface area (Å²) in [7, 11) is 1.34. The molecule has 2 aromatic carbocycles. The average molecular weight is 390 g/mol. The van der Waals surface area contributed by atoms with Crippen molar-refractivity contribution in [1.82, 2.24) is 9.88 Å². The molecule has 7 heteroatoms. The number of methoxy groups -OCH3 is 1. The number of hydrogen-bond acceptors (Lipinski definition) is 5. The number of carbonyl (C=O) groups is 2. The maximum absolute atomic E-state index is 12.6. The minimum Gasteiger partial charge on any atom is -0.465 e. The van der Waals surface area contributed by atoms with Gasteiger partial charge in [0.1, 0.15) is 0 Å². The van der Waals surface area contributed by atoms with Gasteiger partial charge in [-0.15, -0.1) is 0 Å². The van der Waals surface area contributed by atoms with E-state index in [9.17, 15) is 9.59 Å². The lowest BCUT2D eigenvalue weighted by atomic mass is 10.1. The highest BCUT2D eigenvalue weighted by atomic mass is 16.5. The number of rotatable bonds is 3. The summed E-state index contributed by atoms with van der Waals surface area (Å²) in [4.78, 5) is 32.7. The molecule has 0 saturated carbocycles. The van der Waals surface area contributed by atoms with Gasteiger partial charge in [-0.05, 0) is 36.4 Å². The molecule has 1 aliphatic heterocycles. The number of amides is 2. The minimum atomic E-state index is -0.401. The second-order valence-corrected chi connectivity index (χ2v) is 6.83. The number of anilines is 2. The number of para-hydroxylation sites is 1. The van der Waals surface area contributed by atoms with Crippen LogP contribution in [0.2, 0.25) is 0 Å². The number of ether oxygens (including phenoxy) is 1. The van der Waals surface area contributed by atoms with Crippen molar-refractivity contribution in [2.75, 3.05) is 43.5 Å². The van der Waals surface area contributed by atoms with Gasteiger partial charge < -0.3 is 19.9 Å². The molecule has 0 radical (unpaired) electrons. The van der Waals surface area contributed by atoms with E-state index in [1.165, 1.54) is 7.11 Å². The topological polar surface area (TPSA) is 74.8 Å². The van der Waals surface area contributed by atoms with Crippen LogP contribution < -0.4 is 10.2 Å². The Hall–Kier alpha value is -3.61. The van der Waals surface area contributed by atoms with E-state index in [2.05, 4.69) is 38.1 Å². The molecular formula is C22H22N4O3. The molecule has 3 aromatic rings. The second kappa shape index (κ2) is 8.18. The quantitative estimate of drug-likeness (QED) is 0.694. The first-order valence-corrected chi connectivity index (χ1v) is 9.49. The molecule has 7 nitrogen and oxygen atoms in total. The zero-order valence-electron chi connectivity index (χ0n) is 16.2. The third kappa shape index (κ3) is 3.99. The highest BCUT2D eigenvalue weighted by molar-refractivity contribution is 5.93. The van der Waals surface area contributed by atoms with Gasteiger partial charge >= 0.3 is 12.0 Å². The summed E-state index contributed by atoms with van der Waals surface area (Å²) in [5.41, 5.74) is 3.17. The molecule has 0 atom stereocenters. The molecule has 29 heavy (non-hydrogen) atoms. The Bertz CT molecular complexity index is 1020. The SMILES string of the molecule is COC(=O)c1ccc(NC(=O)N2CCN(c3cccc4cccnc34)CC2)cc1. The van der Waals surface area contributed by atoms with Crippen LogP contribution in [0.5, 0.6) is 0 Å². The third-order valence-electron chi connectivity index (χ3n) is 5.08. The van der Waals surface area contributed by atoms with Crippen molar-refractivity contribution >= 4 is 34.3 Å². The van der Waals surface area contributed by atoms with Crippen LogP contribution in [-0.2, 0) is 4.74 Å². The summed E-state index contributed by atoms with van der Waals surface area (Å²) in [5.74, 6) is -0.401. The smallest absolute Gasteiger partial charge is 0.337 e. The van der Waals surface area contributed by atoms with Crippen LogP contribution in [0, 0.1) is 0 Å². The molecule has 0 spiro atoms. The number of aromatic nitrogens is 1. The molecular weight excluding hydrogens is 368 g/mol. The van der Waals surface area contributed by atoms with Crippen LogP contribution in [0.4, 0.5) is 16.2 Å². The maximum Gasteiger partial charge on any atom is 0.337 e. The van der Waals surface area contributed by atoms with E-state index < -0.39 is 5.97 Å². The van der Waals surface area contributed by atoms with Gasteiger partial charge in [-0.1, -0.05) is 18.2 Å². The second-order valence-electron chi connectivity index (χ2n) is 6.83. The van der Waals surface area contributed by atoms with E-state index >= 15 is 0 Å². The number of nitrogens with one attached hydrogen (secondary N) is 1. The molecule has 1 N–H and O–H groups in total. The van der Waals surface area contributed by atoms with Crippen LogP contribution in [0.25, 0.3) is 10.9 Å². The van der Waals surface area contributed by atoms with E-state index in [1.54, 1.807) is 35.4 Å². The standard InChI is InChI=1S/C22H22N4O3/c1-29-21(27)17-7-9-18(10-8-17)24-22(28)26-14-12-25(13-15-26)19-6-2-4-16-5-3-11-23-20(16)19/h2-11H,12-15H2,1H3,(H,24,28). The number of benzene rings is 2. The van der Waals surface area contributed by atoms with Gasteiger partial charge in [0.05, 0.1) is 23.9 Å². The van der Waals surface area contributed by atoms with Crippen molar-refractivity contribution in [3.05, 3.63) is 66.4 Å². The minimum absolute atomic E-state index is 0.147. The lowest BCUT2D eigenvalue weighted by Crippen LogP contribution is -2.50. The van der Waals surface area contributed by atoms with Gasteiger partial charge in [-0.3, -0.25) is 4.98 Å². The fraction of sp³-hybridized carbons (Fsp3) is 0.227. The zero-order valence-corrected chi connectivity index (χ0v) is 16.2. The number of fused-ring (bicyclic) bond motifs is 1. The zero-order chi connectivity index (χ0) is 20.2. The van der Waals surface area contributed by atoms with Gasteiger partial charge in [0.15, 0.2) is 0 Å². The average Bonchev–Trinajstić information content (AvgIpc) is 2.78. The van der Waals surface area contributed by atoms with E-state index in [0.717, 1.165) is 29.7 Å². The summed E-state index contributed by atoms with van der Waals surface area (Å²) >= 11 is 0. The molecule has 0 unspecified atom stereocenters. The van der Waals surface area contributed by atoms with Gasteiger partial charge in [0.25, 0.3) is 0 Å². The van der Waals surface area contributed by atoms with Gasteiger partial charge in [0, 0.05) is 43.4 Å². The summed E-state index contributed by atoms with van der Waals surface area (Å²) in [6, 6.07) is 16.7. The first-order valence-electron chi connectivity index (χ1n) is 9.49. The Balaban J connectivity index is 1.38. The number of hydrogen-bond donors (Lipinski definition) is 1. The predicted molar refractivity (Wildman–Crippen MR) is 112 cm³/mol. The number of urea groups is 1. The Morgan fingerprint density at radius 2 is 1.69 bits per heavy atom. The molecule has 0 aliphatic carbocycles.